The maximum absolute atomic E-state index is 12.0. The van der Waals surface area contributed by atoms with Crippen LogP contribution in [0.4, 0.5) is 4.79 Å². The quantitative estimate of drug-likeness (QED) is 0.797. The van der Waals surface area contributed by atoms with E-state index in [0.717, 1.165) is 12.0 Å². The van der Waals surface area contributed by atoms with E-state index < -0.39 is 5.97 Å². The lowest BCUT2D eigenvalue weighted by Gasteiger charge is -2.18. The van der Waals surface area contributed by atoms with Crippen molar-refractivity contribution in [3.05, 3.63) is 35.4 Å². The molecule has 0 saturated heterocycles. The first-order valence-electron chi connectivity index (χ1n) is 7.32. The first kappa shape index (κ1) is 15.4. The van der Waals surface area contributed by atoms with Gasteiger partial charge >= 0.3 is 12.0 Å². The van der Waals surface area contributed by atoms with E-state index in [1.54, 1.807) is 0 Å². The van der Waals surface area contributed by atoms with E-state index in [1.807, 2.05) is 38.1 Å². The molecule has 5 nitrogen and oxygen atoms in total. The van der Waals surface area contributed by atoms with Crippen molar-refractivity contribution in [2.45, 2.75) is 45.2 Å². The lowest BCUT2D eigenvalue weighted by Crippen LogP contribution is -2.42. The molecule has 1 saturated carbocycles. The Kier molecular flexibility index (Phi) is 4.83. The first-order chi connectivity index (χ1) is 9.95. The van der Waals surface area contributed by atoms with Crippen LogP contribution in [0.5, 0.6) is 0 Å². The summed E-state index contributed by atoms with van der Waals surface area (Å²) in [5.41, 5.74) is 2.23. The van der Waals surface area contributed by atoms with Gasteiger partial charge < -0.3 is 15.7 Å². The number of urea groups is 1. The van der Waals surface area contributed by atoms with Crippen molar-refractivity contribution in [1.82, 2.24) is 10.6 Å². The topological polar surface area (TPSA) is 78.4 Å². The van der Waals surface area contributed by atoms with Gasteiger partial charge in [0.05, 0.1) is 12.0 Å². The highest BCUT2D eigenvalue weighted by Gasteiger charge is 2.30. The zero-order valence-electron chi connectivity index (χ0n) is 12.4. The Morgan fingerprint density at radius 2 is 1.90 bits per heavy atom. The van der Waals surface area contributed by atoms with E-state index in [1.165, 1.54) is 5.56 Å². The van der Waals surface area contributed by atoms with Crippen molar-refractivity contribution in [3.8, 4) is 0 Å². The van der Waals surface area contributed by atoms with Gasteiger partial charge in [-0.2, -0.15) is 0 Å². The van der Waals surface area contributed by atoms with Crippen molar-refractivity contribution in [3.63, 3.8) is 0 Å². The van der Waals surface area contributed by atoms with Crippen LogP contribution >= 0.6 is 0 Å². The Morgan fingerprint density at radius 3 is 2.48 bits per heavy atom. The van der Waals surface area contributed by atoms with Gasteiger partial charge in [-0.05, 0) is 38.7 Å². The lowest BCUT2D eigenvalue weighted by atomic mass is 10.1. The fourth-order valence-electron chi connectivity index (χ4n) is 2.70. The molecule has 0 spiro atoms. The van der Waals surface area contributed by atoms with Gasteiger partial charge in [0.2, 0.25) is 0 Å². The maximum atomic E-state index is 12.0. The van der Waals surface area contributed by atoms with Crippen molar-refractivity contribution < 1.29 is 14.7 Å². The number of carbonyl (C=O) groups is 2. The van der Waals surface area contributed by atoms with Crippen molar-refractivity contribution >= 4 is 12.0 Å². The average Bonchev–Trinajstić information content (AvgIpc) is 2.87. The Balaban J connectivity index is 1.82. The zero-order valence-corrected chi connectivity index (χ0v) is 12.4. The van der Waals surface area contributed by atoms with Crippen LogP contribution in [0.1, 0.15) is 43.4 Å². The number of amides is 2. The molecular weight excluding hydrogens is 268 g/mol. The molecule has 1 aliphatic carbocycles. The summed E-state index contributed by atoms with van der Waals surface area (Å²) in [7, 11) is 0. The molecule has 1 aromatic rings. The van der Waals surface area contributed by atoms with Gasteiger partial charge in [-0.25, -0.2) is 4.79 Å². The number of carboxylic acids is 1. The minimum atomic E-state index is -0.771. The van der Waals surface area contributed by atoms with Crippen LogP contribution in [-0.4, -0.2) is 23.1 Å². The summed E-state index contributed by atoms with van der Waals surface area (Å²) in [5, 5.41) is 14.7. The highest BCUT2D eigenvalue weighted by atomic mass is 16.4. The van der Waals surface area contributed by atoms with Crippen molar-refractivity contribution in [2.24, 2.45) is 5.92 Å². The first-order valence-corrected chi connectivity index (χ1v) is 7.32. The molecule has 2 amide bonds. The maximum Gasteiger partial charge on any atom is 0.315 e. The Hall–Kier alpha value is -2.04. The molecule has 1 unspecified atom stereocenters. The Morgan fingerprint density at radius 1 is 1.24 bits per heavy atom. The number of aryl methyl sites for hydroxylation is 1. The highest BCUT2D eigenvalue weighted by molar-refractivity contribution is 5.75. The largest absolute Gasteiger partial charge is 0.481 e. The highest BCUT2D eigenvalue weighted by Crippen LogP contribution is 2.25. The average molecular weight is 290 g/mol. The third kappa shape index (κ3) is 4.21. The molecule has 0 bridgehead atoms. The number of rotatable bonds is 4. The lowest BCUT2D eigenvalue weighted by molar-refractivity contribution is -0.141. The third-order valence-corrected chi connectivity index (χ3v) is 4.04. The molecule has 21 heavy (non-hydrogen) atoms. The predicted molar refractivity (Wildman–Crippen MR) is 80.0 cm³/mol. The molecule has 114 valence electrons. The van der Waals surface area contributed by atoms with Gasteiger partial charge in [0, 0.05) is 6.04 Å². The van der Waals surface area contributed by atoms with Crippen LogP contribution < -0.4 is 10.6 Å². The minimum absolute atomic E-state index is 0.0451. The van der Waals surface area contributed by atoms with Crippen molar-refractivity contribution in [2.75, 3.05) is 0 Å². The van der Waals surface area contributed by atoms with E-state index in [-0.39, 0.29) is 24.0 Å². The van der Waals surface area contributed by atoms with Gasteiger partial charge in [0.25, 0.3) is 0 Å². The van der Waals surface area contributed by atoms with E-state index in [2.05, 4.69) is 10.6 Å². The summed E-state index contributed by atoms with van der Waals surface area (Å²) in [6.07, 6.45) is 1.87. The second kappa shape index (κ2) is 6.61. The predicted octanol–water partition coefficient (Wildman–Crippen LogP) is 2.61. The molecule has 1 aromatic carbocycles. The number of hydrogen-bond acceptors (Lipinski definition) is 2. The van der Waals surface area contributed by atoms with Gasteiger partial charge in [0.1, 0.15) is 0 Å². The molecule has 0 radical (unpaired) electrons. The molecule has 0 aliphatic heterocycles. The fraction of sp³-hybridized carbons (Fsp3) is 0.500. The SMILES string of the molecule is Cc1ccc(C(C)NC(=O)N[C@H]2CC[C@@H](C(=O)O)C2)cc1. The Bertz CT molecular complexity index is 513. The number of benzene rings is 1. The van der Waals surface area contributed by atoms with E-state index in [4.69, 9.17) is 5.11 Å². The van der Waals surface area contributed by atoms with Gasteiger partial charge in [0.15, 0.2) is 0 Å². The molecule has 5 heteroatoms. The van der Waals surface area contributed by atoms with Gasteiger partial charge in [-0.3, -0.25) is 4.79 Å². The standard InChI is InChI=1S/C16H22N2O3/c1-10-3-5-12(6-4-10)11(2)17-16(21)18-14-8-7-13(9-14)15(19)20/h3-6,11,13-14H,7-9H2,1-2H3,(H,19,20)(H2,17,18,21)/t11?,13-,14+/m1/s1. The minimum Gasteiger partial charge on any atom is -0.481 e. The molecule has 0 aromatic heterocycles. The van der Waals surface area contributed by atoms with Crippen LogP contribution in [0.3, 0.4) is 0 Å². The van der Waals surface area contributed by atoms with Crippen LogP contribution in [0.25, 0.3) is 0 Å². The number of nitrogens with one attached hydrogen (secondary N) is 2. The Labute approximate surface area is 124 Å². The second-order valence-electron chi connectivity index (χ2n) is 5.80. The molecular formula is C16H22N2O3. The molecule has 3 atom stereocenters. The van der Waals surface area contributed by atoms with E-state index in [0.29, 0.717) is 12.8 Å². The number of aliphatic carboxylic acids is 1. The number of hydrogen-bond donors (Lipinski definition) is 3. The molecule has 0 heterocycles. The molecule has 1 aliphatic rings. The van der Waals surface area contributed by atoms with Gasteiger partial charge in [-0.15, -0.1) is 0 Å². The summed E-state index contributed by atoms with van der Waals surface area (Å²) in [4.78, 5) is 22.9. The van der Waals surface area contributed by atoms with E-state index in [9.17, 15) is 9.59 Å². The summed E-state index contributed by atoms with van der Waals surface area (Å²) in [5.74, 6) is -1.10. The number of carboxylic acid groups (broad SMARTS) is 1. The normalized spacial score (nSPS) is 22.6. The summed E-state index contributed by atoms with van der Waals surface area (Å²) in [6, 6.07) is 7.66. The fourth-order valence-corrected chi connectivity index (χ4v) is 2.70. The smallest absolute Gasteiger partial charge is 0.315 e. The summed E-state index contributed by atoms with van der Waals surface area (Å²) in [6.45, 7) is 3.95. The van der Waals surface area contributed by atoms with Crippen LogP contribution in [-0.2, 0) is 4.79 Å². The molecule has 1 fully saturated rings. The van der Waals surface area contributed by atoms with Gasteiger partial charge in [-0.1, -0.05) is 29.8 Å². The third-order valence-electron chi connectivity index (χ3n) is 4.04. The van der Waals surface area contributed by atoms with Crippen LogP contribution in [0, 0.1) is 12.8 Å². The van der Waals surface area contributed by atoms with Crippen molar-refractivity contribution in [1.29, 1.82) is 0 Å². The summed E-state index contributed by atoms with van der Waals surface area (Å²) < 4.78 is 0. The van der Waals surface area contributed by atoms with Crippen LogP contribution in [0.2, 0.25) is 0 Å². The monoisotopic (exact) mass is 290 g/mol. The van der Waals surface area contributed by atoms with E-state index >= 15 is 0 Å². The second-order valence-corrected chi connectivity index (χ2v) is 5.80. The van der Waals surface area contributed by atoms with Crippen LogP contribution in [0.15, 0.2) is 24.3 Å². The molecule has 2 rings (SSSR count). The zero-order chi connectivity index (χ0) is 15.4. The number of carbonyl (C=O) groups excluding carboxylic acids is 1. The summed E-state index contributed by atoms with van der Waals surface area (Å²) >= 11 is 0. The molecule has 3 N–H and O–H groups in total.